The van der Waals surface area contributed by atoms with Gasteiger partial charge in [-0.1, -0.05) is 43.0 Å². The number of hydrogen-bond donors (Lipinski definition) is 3. The number of nitrogens with one attached hydrogen (secondary N) is 1. The smallest absolute Gasteiger partial charge is 0.256 e. The Morgan fingerprint density at radius 1 is 1.26 bits per heavy atom. The van der Waals surface area contributed by atoms with Crippen molar-refractivity contribution in [1.82, 2.24) is 24.6 Å². The molecule has 0 radical (unpaired) electrons. The number of anilines is 2. The first-order valence-electron chi connectivity index (χ1n) is 12.3. The zero-order chi connectivity index (χ0) is 26.8. The lowest BCUT2D eigenvalue weighted by atomic mass is 10.0. The normalized spacial score (nSPS) is 16.7. The molecular weight excluding hydrogens is 502 g/mol. The number of nitrogens with zero attached hydrogens (tertiary/aromatic N) is 5. The van der Waals surface area contributed by atoms with Gasteiger partial charge in [0.15, 0.2) is 0 Å². The van der Waals surface area contributed by atoms with Crippen LogP contribution in [0.5, 0.6) is 0 Å². The number of nitrogens with two attached hydrogens (primary N) is 1. The summed E-state index contributed by atoms with van der Waals surface area (Å²) < 4.78 is 1.94. The molecule has 0 aliphatic carbocycles. The van der Waals surface area contributed by atoms with Crippen LogP contribution >= 0.6 is 11.6 Å². The number of amides is 1. The number of likely N-dealkylation sites (tertiary alicyclic amines) is 1. The number of fused-ring (bicyclic) bond motifs is 1. The zero-order valence-corrected chi connectivity index (χ0v) is 21.5. The highest BCUT2D eigenvalue weighted by atomic mass is 35.5. The van der Waals surface area contributed by atoms with Crippen molar-refractivity contribution in [2.24, 2.45) is 0 Å². The lowest BCUT2D eigenvalue weighted by molar-refractivity contribution is 0.0127. The van der Waals surface area contributed by atoms with E-state index in [0.29, 0.717) is 45.4 Å². The SMILES string of the molecule is C=Cc1cnc(N)c2c(-c3ccc(C(=O)Nc4ccccn4)cc3Cl)nn([C@@H]3CCCN(C(O)C=C)C3)c12. The molecule has 5 rings (SSSR count). The molecule has 10 heteroatoms. The number of aromatic nitrogens is 4. The van der Waals surface area contributed by atoms with Gasteiger partial charge < -0.3 is 16.2 Å². The summed E-state index contributed by atoms with van der Waals surface area (Å²) in [5, 5.41) is 19.1. The molecule has 2 atom stereocenters. The predicted molar refractivity (Wildman–Crippen MR) is 151 cm³/mol. The van der Waals surface area contributed by atoms with E-state index in [2.05, 4.69) is 28.4 Å². The number of carbonyl (C=O) groups excluding carboxylic acids is 1. The molecule has 4 heterocycles. The number of piperidine rings is 1. The van der Waals surface area contributed by atoms with Crippen molar-refractivity contribution in [1.29, 1.82) is 0 Å². The summed E-state index contributed by atoms with van der Waals surface area (Å²) >= 11 is 6.74. The maximum Gasteiger partial charge on any atom is 0.256 e. The first kappa shape index (κ1) is 25.6. The van der Waals surface area contributed by atoms with Gasteiger partial charge in [0.25, 0.3) is 5.91 Å². The fourth-order valence-corrected chi connectivity index (χ4v) is 5.14. The van der Waals surface area contributed by atoms with E-state index >= 15 is 0 Å². The number of benzene rings is 1. The van der Waals surface area contributed by atoms with Crippen LogP contribution in [0.25, 0.3) is 28.2 Å². The van der Waals surface area contributed by atoms with E-state index in [-0.39, 0.29) is 11.9 Å². The van der Waals surface area contributed by atoms with Gasteiger partial charge in [0.1, 0.15) is 23.6 Å². The van der Waals surface area contributed by atoms with Crippen molar-refractivity contribution in [3.05, 3.63) is 84.2 Å². The van der Waals surface area contributed by atoms with E-state index in [0.717, 1.165) is 30.5 Å². The molecule has 1 saturated heterocycles. The van der Waals surface area contributed by atoms with Gasteiger partial charge in [-0.15, -0.1) is 0 Å². The van der Waals surface area contributed by atoms with Gasteiger partial charge in [0.2, 0.25) is 0 Å². The third-order valence-corrected chi connectivity index (χ3v) is 7.07. The predicted octanol–water partition coefficient (Wildman–Crippen LogP) is 4.77. The Bertz CT molecular complexity index is 1520. The van der Waals surface area contributed by atoms with Crippen LogP contribution in [0.15, 0.2) is 68.0 Å². The van der Waals surface area contributed by atoms with Gasteiger partial charge in [-0.3, -0.25) is 14.4 Å². The highest BCUT2D eigenvalue weighted by Crippen LogP contribution is 2.39. The minimum absolute atomic E-state index is 0.0303. The Morgan fingerprint density at radius 2 is 2.11 bits per heavy atom. The van der Waals surface area contributed by atoms with Gasteiger partial charge in [0, 0.05) is 42.2 Å². The number of pyridine rings is 2. The summed E-state index contributed by atoms with van der Waals surface area (Å²) in [6.07, 6.45) is 7.56. The van der Waals surface area contributed by atoms with Crippen molar-refractivity contribution in [2.45, 2.75) is 25.1 Å². The molecule has 38 heavy (non-hydrogen) atoms. The number of carbonyl (C=O) groups is 1. The van der Waals surface area contributed by atoms with Gasteiger partial charge in [-0.05, 0) is 43.2 Å². The number of aliphatic hydroxyl groups is 1. The van der Waals surface area contributed by atoms with Gasteiger partial charge in [-0.25, -0.2) is 9.97 Å². The van der Waals surface area contributed by atoms with Crippen LogP contribution in [0, 0.1) is 0 Å². The van der Waals surface area contributed by atoms with E-state index in [1.54, 1.807) is 54.9 Å². The maximum atomic E-state index is 12.8. The van der Waals surface area contributed by atoms with Crippen LogP contribution in [0.3, 0.4) is 0 Å². The van der Waals surface area contributed by atoms with Crippen LogP contribution in [-0.4, -0.2) is 55.0 Å². The Labute approximate surface area is 225 Å². The summed E-state index contributed by atoms with van der Waals surface area (Å²) in [4.78, 5) is 23.3. The first-order chi connectivity index (χ1) is 18.4. The Morgan fingerprint density at radius 3 is 2.82 bits per heavy atom. The Balaban J connectivity index is 1.57. The number of hydrogen-bond acceptors (Lipinski definition) is 7. The summed E-state index contributed by atoms with van der Waals surface area (Å²) in [6, 6.07) is 10.3. The summed E-state index contributed by atoms with van der Waals surface area (Å²) in [7, 11) is 0. The van der Waals surface area contributed by atoms with Crippen molar-refractivity contribution >= 4 is 46.1 Å². The van der Waals surface area contributed by atoms with E-state index in [9.17, 15) is 9.90 Å². The molecule has 194 valence electrons. The van der Waals surface area contributed by atoms with Gasteiger partial charge in [0.05, 0.1) is 22.0 Å². The van der Waals surface area contributed by atoms with Crippen LogP contribution in [0.2, 0.25) is 5.02 Å². The van der Waals surface area contributed by atoms with Gasteiger partial charge >= 0.3 is 0 Å². The molecule has 3 aromatic heterocycles. The van der Waals surface area contributed by atoms with E-state index in [1.165, 1.54) is 6.08 Å². The van der Waals surface area contributed by atoms with Crippen molar-refractivity contribution < 1.29 is 9.90 Å². The topological polar surface area (TPSA) is 122 Å². The summed E-state index contributed by atoms with van der Waals surface area (Å²) in [5.41, 5.74) is 9.56. The fourth-order valence-electron chi connectivity index (χ4n) is 4.87. The molecule has 1 fully saturated rings. The molecule has 1 aromatic carbocycles. The number of aliphatic hydroxyl groups excluding tert-OH is 1. The summed E-state index contributed by atoms with van der Waals surface area (Å²) in [6.45, 7) is 9.03. The minimum Gasteiger partial charge on any atom is -0.383 e. The molecule has 0 bridgehead atoms. The minimum atomic E-state index is -0.732. The molecule has 1 amide bonds. The van der Waals surface area contributed by atoms with Crippen LogP contribution in [0.1, 0.15) is 34.8 Å². The van der Waals surface area contributed by atoms with Crippen LogP contribution in [0.4, 0.5) is 11.6 Å². The molecule has 4 aromatic rings. The second-order valence-corrected chi connectivity index (χ2v) is 9.53. The Hall–Kier alpha value is -4.05. The monoisotopic (exact) mass is 529 g/mol. The van der Waals surface area contributed by atoms with E-state index < -0.39 is 6.23 Å². The molecule has 1 aliphatic heterocycles. The molecule has 1 unspecified atom stereocenters. The third-order valence-electron chi connectivity index (χ3n) is 6.75. The number of halogens is 1. The maximum absolute atomic E-state index is 12.8. The number of rotatable bonds is 7. The second-order valence-electron chi connectivity index (χ2n) is 9.12. The largest absolute Gasteiger partial charge is 0.383 e. The average molecular weight is 530 g/mol. The second kappa shape index (κ2) is 10.7. The lowest BCUT2D eigenvalue weighted by Crippen LogP contribution is -2.42. The van der Waals surface area contributed by atoms with Crippen molar-refractivity contribution in [3.63, 3.8) is 0 Å². The average Bonchev–Trinajstić information content (AvgIpc) is 3.35. The van der Waals surface area contributed by atoms with Crippen molar-refractivity contribution in [3.8, 4) is 11.3 Å². The quantitative estimate of drug-likeness (QED) is 0.295. The number of nitrogen functional groups attached to an aromatic ring is 1. The molecule has 1 aliphatic rings. The van der Waals surface area contributed by atoms with E-state index in [4.69, 9.17) is 22.4 Å². The van der Waals surface area contributed by atoms with Gasteiger partial charge in [-0.2, -0.15) is 5.10 Å². The standard InChI is InChI=1S/C28H28ClN7O2/c1-3-17-15-32-27(30)24-25(34-36(26(17)24)19-8-7-13-35(16-19)23(37)4-2)20-11-10-18(14-21(20)29)28(38)33-22-9-5-6-12-31-22/h3-6,9-12,14-15,19,23,37H,1-2,7-8,13,16H2,(H2,30,32)(H,31,33,38)/t19-,23?/m1/s1. The van der Waals surface area contributed by atoms with Crippen LogP contribution < -0.4 is 11.1 Å². The molecule has 0 spiro atoms. The molecular formula is C28H28ClN7O2. The fraction of sp³-hybridized carbons (Fsp3) is 0.214. The highest BCUT2D eigenvalue weighted by molar-refractivity contribution is 6.34. The van der Waals surface area contributed by atoms with E-state index in [1.807, 2.05) is 9.58 Å². The first-order valence-corrected chi connectivity index (χ1v) is 12.6. The van der Waals surface area contributed by atoms with Crippen LogP contribution in [-0.2, 0) is 0 Å². The lowest BCUT2D eigenvalue weighted by Gasteiger charge is -2.35. The molecule has 0 saturated carbocycles. The molecule has 9 nitrogen and oxygen atoms in total. The van der Waals surface area contributed by atoms with Crippen molar-refractivity contribution in [2.75, 3.05) is 24.1 Å². The third kappa shape index (κ3) is 4.79. The zero-order valence-electron chi connectivity index (χ0n) is 20.7. The Kier molecular flexibility index (Phi) is 7.24. The molecule has 4 N–H and O–H groups in total. The summed E-state index contributed by atoms with van der Waals surface area (Å²) in [5.74, 6) is 0.436. The highest BCUT2D eigenvalue weighted by Gasteiger charge is 2.29.